The maximum Gasteiger partial charge on any atom is 0.300 e. The quantitative estimate of drug-likeness (QED) is 0.656. The van der Waals surface area contributed by atoms with Crippen LogP contribution in [-0.2, 0) is 9.24 Å². The zero-order valence-corrected chi connectivity index (χ0v) is 9.73. The smallest absolute Gasteiger partial charge is 0.195 e. The third-order valence-corrected chi connectivity index (χ3v) is 5.02. The van der Waals surface area contributed by atoms with E-state index in [1.807, 2.05) is 0 Å². The molecule has 0 spiro atoms. The van der Waals surface area contributed by atoms with Crippen LogP contribution in [0.2, 0.25) is 0 Å². The van der Waals surface area contributed by atoms with Gasteiger partial charge in [0, 0.05) is 23.3 Å². The molecule has 2 rings (SSSR count). The lowest BCUT2D eigenvalue weighted by Gasteiger charge is -2.41. The molecular formula is C9H16ClNO2S. The van der Waals surface area contributed by atoms with Crippen molar-refractivity contribution in [3.05, 3.63) is 0 Å². The summed E-state index contributed by atoms with van der Waals surface area (Å²) in [4.78, 5) is 0. The molecule has 1 saturated carbocycles. The van der Waals surface area contributed by atoms with Crippen molar-refractivity contribution in [1.29, 1.82) is 0 Å². The fourth-order valence-corrected chi connectivity index (χ4v) is 4.31. The standard InChI is InChI=1S/C9H16ClNO2S/c10-14(12,13)11-7-3-5-8-4-1-2-6-9(8)11/h8-9H,1-7H2/t8-,9-/m1/s1. The van der Waals surface area contributed by atoms with E-state index in [-0.39, 0.29) is 6.04 Å². The molecule has 14 heavy (non-hydrogen) atoms. The van der Waals surface area contributed by atoms with Gasteiger partial charge in [0.2, 0.25) is 0 Å². The Labute approximate surface area is 90.0 Å². The van der Waals surface area contributed by atoms with Crippen LogP contribution in [0.25, 0.3) is 0 Å². The minimum Gasteiger partial charge on any atom is -0.195 e. The van der Waals surface area contributed by atoms with Crippen LogP contribution in [0.5, 0.6) is 0 Å². The third-order valence-electron chi connectivity index (χ3n) is 3.47. The molecule has 3 nitrogen and oxygen atoms in total. The van der Waals surface area contributed by atoms with E-state index in [9.17, 15) is 8.42 Å². The molecule has 5 heteroatoms. The summed E-state index contributed by atoms with van der Waals surface area (Å²) in [6, 6.07) is 0.194. The lowest BCUT2D eigenvalue weighted by molar-refractivity contribution is 0.131. The summed E-state index contributed by atoms with van der Waals surface area (Å²) in [6.07, 6.45) is 6.70. The lowest BCUT2D eigenvalue weighted by Crippen LogP contribution is -2.47. The first kappa shape index (κ1) is 10.7. The van der Waals surface area contributed by atoms with Gasteiger partial charge in [-0.05, 0) is 31.6 Å². The second kappa shape index (κ2) is 3.99. The van der Waals surface area contributed by atoms with E-state index in [0.717, 1.165) is 19.3 Å². The van der Waals surface area contributed by atoms with Crippen molar-refractivity contribution in [2.24, 2.45) is 5.92 Å². The zero-order chi connectivity index (χ0) is 10.2. The highest BCUT2D eigenvalue weighted by Gasteiger charge is 2.38. The molecule has 1 aliphatic carbocycles. The minimum absolute atomic E-state index is 0.194. The predicted octanol–water partition coefficient (Wildman–Crippen LogP) is 2.12. The molecule has 1 heterocycles. The highest BCUT2D eigenvalue weighted by molar-refractivity contribution is 8.11. The molecule has 0 aromatic carbocycles. The van der Waals surface area contributed by atoms with E-state index in [1.165, 1.54) is 23.6 Å². The van der Waals surface area contributed by atoms with Gasteiger partial charge in [0.25, 0.3) is 9.24 Å². The first-order valence-electron chi connectivity index (χ1n) is 5.30. The van der Waals surface area contributed by atoms with E-state index in [1.54, 1.807) is 0 Å². The Kier molecular flexibility index (Phi) is 3.05. The van der Waals surface area contributed by atoms with E-state index in [2.05, 4.69) is 0 Å². The van der Waals surface area contributed by atoms with E-state index < -0.39 is 9.24 Å². The maximum absolute atomic E-state index is 11.3. The van der Waals surface area contributed by atoms with Gasteiger partial charge in [-0.25, -0.2) is 0 Å². The Balaban J connectivity index is 2.17. The molecule has 0 amide bonds. The van der Waals surface area contributed by atoms with Gasteiger partial charge in [-0.15, -0.1) is 0 Å². The average molecular weight is 238 g/mol. The summed E-state index contributed by atoms with van der Waals surface area (Å²) in [5, 5.41) is 0. The molecule has 0 aromatic rings. The Morgan fingerprint density at radius 2 is 1.71 bits per heavy atom. The van der Waals surface area contributed by atoms with Gasteiger partial charge in [-0.2, -0.15) is 12.7 Å². The fourth-order valence-electron chi connectivity index (χ4n) is 2.85. The fraction of sp³-hybridized carbons (Fsp3) is 1.00. The number of hydrogen-bond donors (Lipinski definition) is 0. The molecule has 2 aliphatic rings. The summed E-state index contributed by atoms with van der Waals surface area (Å²) in [5.74, 6) is 0.561. The van der Waals surface area contributed by atoms with Crippen molar-refractivity contribution in [2.45, 2.75) is 44.6 Å². The average Bonchev–Trinajstić information content (AvgIpc) is 2.15. The first-order valence-corrected chi connectivity index (χ1v) is 7.57. The molecule has 82 valence electrons. The van der Waals surface area contributed by atoms with Gasteiger partial charge in [-0.1, -0.05) is 12.8 Å². The summed E-state index contributed by atoms with van der Waals surface area (Å²) >= 11 is 0. The van der Waals surface area contributed by atoms with Crippen LogP contribution >= 0.6 is 10.7 Å². The topological polar surface area (TPSA) is 37.4 Å². The van der Waals surface area contributed by atoms with E-state index >= 15 is 0 Å². The van der Waals surface area contributed by atoms with Crippen LogP contribution in [0, 0.1) is 5.92 Å². The lowest BCUT2D eigenvalue weighted by atomic mass is 9.79. The molecule has 0 unspecified atom stereocenters. The Morgan fingerprint density at radius 3 is 2.43 bits per heavy atom. The predicted molar refractivity (Wildman–Crippen MR) is 56.5 cm³/mol. The number of fused-ring (bicyclic) bond motifs is 1. The monoisotopic (exact) mass is 237 g/mol. The van der Waals surface area contributed by atoms with Crippen LogP contribution in [0.1, 0.15) is 38.5 Å². The second-order valence-electron chi connectivity index (χ2n) is 4.31. The van der Waals surface area contributed by atoms with E-state index in [4.69, 9.17) is 10.7 Å². The largest absolute Gasteiger partial charge is 0.300 e. The van der Waals surface area contributed by atoms with Crippen molar-refractivity contribution >= 4 is 19.9 Å². The SMILES string of the molecule is O=S(=O)(Cl)N1CCC[C@H]2CCCC[C@H]21. The second-order valence-corrected chi connectivity index (χ2v) is 6.77. The highest BCUT2D eigenvalue weighted by atomic mass is 35.7. The Morgan fingerprint density at radius 1 is 1.07 bits per heavy atom. The molecule has 2 fully saturated rings. The van der Waals surface area contributed by atoms with Gasteiger partial charge < -0.3 is 0 Å². The summed E-state index contributed by atoms with van der Waals surface area (Å²) < 4.78 is 24.2. The van der Waals surface area contributed by atoms with E-state index in [0.29, 0.717) is 12.5 Å². The minimum atomic E-state index is -3.49. The molecule has 0 aromatic heterocycles. The highest BCUT2D eigenvalue weighted by Crippen LogP contribution is 2.37. The summed E-state index contributed by atoms with van der Waals surface area (Å²) in [7, 11) is 1.94. The summed E-state index contributed by atoms with van der Waals surface area (Å²) in [5.41, 5.74) is 0. The normalized spacial score (nSPS) is 35.2. The Bertz CT molecular complexity index is 302. The van der Waals surface area contributed by atoms with Crippen LogP contribution in [0.3, 0.4) is 0 Å². The molecular weight excluding hydrogens is 222 g/mol. The van der Waals surface area contributed by atoms with Crippen LogP contribution in [0.4, 0.5) is 0 Å². The number of nitrogens with zero attached hydrogens (tertiary/aromatic N) is 1. The third kappa shape index (κ3) is 2.07. The molecule has 1 saturated heterocycles. The number of rotatable bonds is 1. The van der Waals surface area contributed by atoms with Gasteiger partial charge >= 0.3 is 0 Å². The number of halogens is 1. The van der Waals surface area contributed by atoms with Gasteiger partial charge in [0.05, 0.1) is 0 Å². The van der Waals surface area contributed by atoms with Crippen molar-refractivity contribution in [3.63, 3.8) is 0 Å². The van der Waals surface area contributed by atoms with Crippen LogP contribution < -0.4 is 0 Å². The summed E-state index contributed by atoms with van der Waals surface area (Å²) in [6.45, 7) is 0.618. The number of piperidine rings is 1. The van der Waals surface area contributed by atoms with Crippen LogP contribution in [-0.4, -0.2) is 25.3 Å². The molecule has 0 N–H and O–H groups in total. The van der Waals surface area contributed by atoms with Gasteiger partial charge in [0.1, 0.15) is 0 Å². The molecule has 2 atom stereocenters. The number of hydrogen-bond acceptors (Lipinski definition) is 2. The Hall–Kier alpha value is 0.200. The molecule has 1 aliphatic heterocycles. The van der Waals surface area contributed by atoms with Crippen molar-refractivity contribution < 1.29 is 8.42 Å². The van der Waals surface area contributed by atoms with Crippen LogP contribution in [0.15, 0.2) is 0 Å². The van der Waals surface area contributed by atoms with Crippen molar-refractivity contribution in [1.82, 2.24) is 4.31 Å². The van der Waals surface area contributed by atoms with Crippen molar-refractivity contribution in [2.75, 3.05) is 6.54 Å². The van der Waals surface area contributed by atoms with Gasteiger partial charge in [0.15, 0.2) is 0 Å². The molecule has 0 bridgehead atoms. The maximum atomic E-state index is 11.3. The first-order chi connectivity index (χ1) is 6.59. The van der Waals surface area contributed by atoms with Gasteiger partial charge in [-0.3, -0.25) is 0 Å². The molecule has 0 radical (unpaired) electrons. The zero-order valence-electron chi connectivity index (χ0n) is 8.15. The van der Waals surface area contributed by atoms with Crippen molar-refractivity contribution in [3.8, 4) is 0 Å².